The number of nitrogens with one attached hydrogen (secondary N) is 1. The molecule has 1 saturated carbocycles. The second-order valence-corrected chi connectivity index (χ2v) is 7.66. The van der Waals surface area contributed by atoms with Crippen LogP contribution in [-0.4, -0.2) is 23.1 Å². The number of carbonyl (C=O) groups excluding carboxylic acids is 1. The third-order valence-electron chi connectivity index (χ3n) is 5.30. The molecule has 1 aromatic carbocycles. The molecule has 1 aliphatic carbocycles. The predicted molar refractivity (Wildman–Crippen MR) is 104 cm³/mol. The summed E-state index contributed by atoms with van der Waals surface area (Å²) in [6.07, 6.45) is 0.332. The van der Waals surface area contributed by atoms with Crippen LogP contribution in [0.25, 0.3) is 0 Å². The summed E-state index contributed by atoms with van der Waals surface area (Å²) in [5, 5.41) is 2.78. The Labute approximate surface area is 168 Å². The molecule has 4 nitrogen and oxygen atoms in total. The van der Waals surface area contributed by atoms with E-state index < -0.39 is 18.1 Å². The van der Waals surface area contributed by atoms with Gasteiger partial charge >= 0.3 is 6.18 Å². The van der Waals surface area contributed by atoms with Crippen molar-refractivity contribution in [3.8, 4) is 5.75 Å². The van der Waals surface area contributed by atoms with Crippen molar-refractivity contribution in [2.75, 3.05) is 0 Å². The summed E-state index contributed by atoms with van der Waals surface area (Å²) < 4.78 is 44.9. The molecule has 0 spiro atoms. The summed E-state index contributed by atoms with van der Waals surface area (Å²) in [5.41, 5.74) is 2.97. The SMILES string of the molecule is Cc1cc(C(=O)NC2CCCC(C(F)(F)F)C2)cc(C)c1OCc1cccnc1. The van der Waals surface area contributed by atoms with Crippen molar-refractivity contribution >= 4 is 5.91 Å². The van der Waals surface area contributed by atoms with Crippen LogP contribution in [-0.2, 0) is 6.61 Å². The highest BCUT2D eigenvalue weighted by Gasteiger charge is 2.42. The molecule has 156 valence electrons. The van der Waals surface area contributed by atoms with E-state index in [1.54, 1.807) is 24.5 Å². The molecule has 0 radical (unpaired) electrons. The van der Waals surface area contributed by atoms with Crippen LogP contribution in [0.3, 0.4) is 0 Å². The molecule has 0 bridgehead atoms. The third kappa shape index (κ3) is 5.49. The van der Waals surface area contributed by atoms with Crippen molar-refractivity contribution in [2.45, 2.75) is 58.4 Å². The number of ether oxygens (including phenoxy) is 1. The lowest BCUT2D eigenvalue weighted by molar-refractivity contribution is -0.183. The average molecular weight is 406 g/mol. The van der Waals surface area contributed by atoms with E-state index in [9.17, 15) is 18.0 Å². The van der Waals surface area contributed by atoms with Gasteiger partial charge in [-0.2, -0.15) is 13.2 Å². The number of rotatable bonds is 5. The quantitative estimate of drug-likeness (QED) is 0.749. The highest BCUT2D eigenvalue weighted by Crippen LogP contribution is 2.37. The fourth-order valence-corrected chi connectivity index (χ4v) is 3.83. The first-order chi connectivity index (χ1) is 13.7. The maximum absolute atomic E-state index is 13.0. The molecule has 2 aromatic rings. The van der Waals surface area contributed by atoms with Crippen LogP contribution >= 0.6 is 0 Å². The van der Waals surface area contributed by atoms with Gasteiger partial charge in [-0.1, -0.05) is 12.5 Å². The molecule has 1 aromatic heterocycles. The number of benzene rings is 1. The number of aryl methyl sites for hydroxylation is 2. The van der Waals surface area contributed by atoms with Crippen molar-refractivity contribution in [1.82, 2.24) is 10.3 Å². The fraction of sp³-hybridized carbons (Fsp3) is 0.455. The second kappa shape index (κ2) is 8.84. The van der Waals surface area contributed by atoms with Gasteiger partial charge in [0.05, 0.1) is 5.92 Å². The van der Waals surface area contributed by atoms with E-state index in [4.69, 9.17) is 4.74 Å². The molecule has 0 saturated heterocycles. The Bertz CT molecular complexity index is 830. The minimum absolute atomic E-state index is 0.0560. The number of aromatic nitrogens is 1. The lowest BCUT2D eigenvalue weighted by atomic mass is 9.85. The number of pyridine rings is 1. The minimum atomic E-state index is -4.20. The average Bonchev–Trinajstić information content (AvgIpc) is 2.67. The molecule has 3 rings (SSSR count). The summed E-state index contributed by atoms with van der Waals surface area (Å²) in [7, 11) is 0. The Morgan fingerprint density at radius 2 is 1.97 bits per heavy atom. The van der Waals surface area contributed by atoms with E-state index in [-0.39, 0.29) is 18.7 Å². The van der Waals surface area contributed by atoms with Crippen LogP contribution in [0.2, 0.25) is 0 Å². The van der Waals surface area contributed by atoms with Crippen LogP contribution < -0.4 is 10.1 Å². The van der Waals surface area contributed by atoms with Gasteiger partial charge in [-0.3, -0.25) is 9.78 Å². The van der Waals surface area contributed by atoms with E-state index in [2.05, 4.69) is 10.3 Å². The molecule has 0 aliphatic heterocycles. The third-order valence-corrected chi connectivity index (χ3v) is 5.30. The first-order valence-corrected chi connectivity index (χ1v) is 9.74. The first kappa shape index (κ1) is 21.1. The van der Waals surface area contributed by atoms with E-state index in [1.807, 2.05) is 26.0 Å². The summed E-state index contributed by atoms with van der Waals surface area (Å²) in [6, 6.07) is 6.72. The topological polar surface area (TPSA) is 51.2 Å². The van der Waals surface area contributed by atoms with Crippen molar-refractivity contribution < 1.29 is 22.7 Å². The van der Waals surface area contributed by atoms with Gasteiger partial charge in [0.2, 0.25) is 0 Å². The van der Waals surface area contributed by atoms with E-state index >= 15 is 0 Å². The molecular weight excluding hydrogens is 381 g/mol. The molecule has 1 N–H and O–H groups in total. The number of hydrogen-bond acceptors (Lipinski definition) is 3. The molecule has 1 amide bonds. The Morgan fingerprint density at radius 3 is 2.59 bits per heavy atom. The number of carbonyl (C=O) groups is 1. The molecular formula is C22H25F3N2O2. The number of alkyl halides is 3. The van der Waals surface area contributed by atoms with Crippen LogP contribution in [0.15, 0.2) is 36.7 Å². The Hall–Kier alpha value is -2.57. The summed E-state index contributed by atoms with van der Waals surface area (Å²) in [4.78, 5) is 16.7. The maximum Gasteiger partial charge on any atom is 0.391 e. The number of halogens is 3. The smallest absolute Gasteiger partial charge is 0.391 e. The standard InChI is InChI=1S/C22H25F3N2O2/c1-14-9-17(10-15(2)20(14)29-13-16-5-4-8-26-12-16)21(28)27-19-7-3-6-18(11-19)22(23,24)25/h4-5,8-10,12,18-19H,3,6-7,11,13H2,1-2H3,(H,27,28). The van der Waals surface area contributed by atoms with Crippen LogP contribution in [0.5, 0.6) is 5.75 Å². The van der Waals surface area contributed by atoms with E-state index in [1.165, 1.54) is 0 Å². The van der Waals surface area contributed by atoms with Crippen molar-refractivity contribution in [3.05, 3.63) is 58.9 Å². The van der Waals surface area contributed by atoms with Gasteiger partial charge in [-0.05, 0) is 62.4 Å². The molecule has 2 atom stereocenters. The van der Waals surface area contributed by atoms with Crippen molar-refractivity contribution in [1.29, 1.82) is 0 Å². The lowest BCUT2D eigenvalue weighted by Crippen LogP contribution is -2.41. The van der Waals surface area contributed by atoms with Gasteiger partial charge in [0.1, 0.15) is 12.4 Å². The first-order valence-electron chi connectivity index (χ1n) is 9.74. The van der Waals surface area contributed by atoms with Gasteiger partial charge < -0.3 is 10.1 Å². The van der Waals surface area contributed by atoms with Gasteiger partial charge in [0, 0.05) is 29.6 Å². The normalized spacial score (nSPS) is 19.6. The maximum atomic E-state index is 13.0. The summed E-state index contributed by atoms with van der Waals surface area (Å²) >= 11 is 0. The second-order valence-electron chi connectivity index (χ2n) is 7.66. The molecule has 29 heavy (non-hydrogen) atoms. The molecule has 1 aliphatic rings. The summed E-state index contributed by atoms with van der Waals surface area (Å²) in [6.45, 7) is 4.06. The van der Waals surface area contributed by atoms with Crippen LogP contribution in [0.4, 0.5) is 13.2 Å². The molecule has 2 unspecified atom stereocenters. The lowest BCUT2D eigenvalue weighted by Gasteiger charge is -2.31. The van der Waals surface area contributed by atoms with E-state index in [0.29, 0.717) is 30.8 Å². The minimum Gasteiger partial charge on any atom is -0.488 e. The Balaban J connectivity index is 1.65. The number of nitrogens with zero attached hydrogens (tertiary/aromatic N) is 1. The zero-order valence-electron chi connectivity index (χ0n) is 16.6. The molecule has 7 heteroatoms. The zero-order valence-corrected chi connectivity index (χ0v) is 16.6. The highest BCUT2D eigenvalue weighted by atomic mass is 19.4. The highest BCUT2D eigenvalue weighted by molar-refractivity contribution is 5.95. The van der Waals surface area contributed by atoms with Gasteiger partial charge in [-0.25, -0.2) is 0 Å². The molecule has 1 heterocycles. The van der Waals surface area contributed by atoms with Crippen molar-refractivity contribution in [3.63, 3.8) is 0 Å². The molecule has 1 fully saturated rings. The largest absolute Gasteiger partial charge is 0.488 e. The number of hydrogen-bond donors (Lipinski definition) is 1. The monoisotopic (exact) mass is 406 g/mol. The van der Waals surface area contributed by atoms with Crippen LogP contribution in [0, 0.1) is 19.8 Å². The van der Waals surface area contributed by atoms with Crippen molar-refractivity contribution in [2.24, 2.45) is 5.92 Å². The summed E-state index contributed by atoms with van der Waals surface area (Å²) in [5.74, 6) is -0.990. The fourth-order valence-electron chi connectivity index (χ4n) is 3.83. The van der Waals surface area contributed by atoms with Gasteiger partial charge in [0.25, 0.3) is 5.91 Å². The van der Waals surface area contributed by atoms with Gasteiger partial charge in [0.15, 0.2) is 0 Å². The van der Waals surface area contributed by atoms with Gasteiger partial charge in [-0.15, -0.1) is 0 Å². The van der Waals surface area contributed by atoms with Crippen LogP contribution in [0.1, 0.15) is 52.7 Å². The Morgan fingerprint density at radius 1 is 1.24 bits per heavy atom. The number of amides is 1. The Kier molecular flexibility index (Phi) is 6.45. The van der Waals surface area contributed by atoms with E-state index in [0.717, 1.165) is 16.7 Å². The zero-order chi connectivity index (χ0) is 21.0. The predicted octanol–water partition coefficient (Wildman–Crippen LogP) is 5.13.